The molecule has 0 aliphatic carbocycles. The van der Waals surface area contributed by atoms with E-state index in [4.69, 9.17) is 30.8 Å². The molecule has 1 spiro atoms. The number of ether oxygens (including phenoxy) is 3. The van der Waals surface area contributed by atoms with E-state index in [1.807, 2.05) is 6.07 Å². The molecule has 0 radical (unpaired) electrons. The van der Waals surface area contributed by atoms with Gasteiger partial charge in [0.05, 0.1) is 12.3 Å². The fourth-order valence-electron chi connectivity index (χ4n) is 5.56. The molecule has 5 nitrogen and oxygen atoms in total. The van der Waals surface area contributed by atoms with Gasteiger partial charge in [0.25, 0.3) is 0 Å². The summed E-state index contributed by atoms with van der Waals surface area (Å²) < 4.78 is 17.1. The molecule has 3 aromatic rings. The van der Waals surface area contributed by atoms with Crippen molar-refractivity contribution >= 4 is 11.6 Å². The SMILES string of the molecule is Cc1cc(-c2cccc(-c3ccc4c(c3)OCCO4)c2C)nc(Cl)c1CN1CC2(CCOC2)C1. The summed E-state index contributed by atoms with van der Waals surface area (Å²) in [6.45, 7) is 10.3. The molecular formula is C28H29ClN2O3. The van der Waals surface area contributed by atoms with E-state index in [0.717, 1.165) is 72.3 Å². The largest absolute Gasteiger partial charge is 0.486 e. The Morgan fingerprint density at radius 3 is 2.53 bits per heavy atom. The molecule has 2 saturated heterocycles. The van der Waals surface area contributed by atoms with E-state index in [1.54, 1.807) is 0 Å². The molecule has 0 atom stereocenters. The molecule has 0 unspecified atom stereocenters. The molecule has 1 aromatic heterocycles. The third kappa shape index (κ3) is 3.86. The van der Waals surface area contributed by atoms with E-state index >= 15 is 0 Å². The van der Waals surface area contributed by atoms with Crippen LogP contribution in [0.15, 0.2) is 42.5 Å². The van der Waals surface area contributed by atoms with Crippen molar-refractivity contribution in [2.45, 2.75) is 26.8 Å². The van der Waals surface area contributed by atoms with Gasteiger partial charge in [-0.3, -0.25) is 4.90 Å². The summed E-state index contributed by atoms with van der Waals surface area (Å²) in [5.74, 6) is 1.60. The van der Waals surface area contributed by atoms with Gasteiger partial charge in [0, 0.05) is 42.8 Å². The second kappa shape index (κ2) is 8.56. The average molecular weight is 477 g/mol. The predicted molar refractivity (Wildman–Crippen MR) is 134 cm³/mol. The van der Waals surface area contributed by atoms with Crippen molar-refractivity contribution in [2.75, 3.05) is 39.5 Å². The highest BCUT2D eigenvalue weighted by molar-refractivity contribution is 6.30. The lowest BCUT2D eigenvalue weighted by Gasteiger charge is -2.47. The minimum absolute atomic E-state index is 0.374. The molecule has 6 rings (SSSR count). The zero-order chi connectivity index (χ0) is 23.3. The van der Waals surface area contributed by atoms with Gasteiger partial charge < -0.3 is 14.2 Å². The van der Waals surface area contributed by atoms with Crippen molar-refractivity contribution < 1.29 is 14.2 Å². The molecule has 0 saturated carbocycles. The van der Waals surface area contributed by atoms with Crippen molar-refractivity contribution in [1.82, 2.24) is 9.88 Å². The topological polar surface area (TPSA) is 43.8 Å². The zero-order valence-electron chi connectivity index (χ0n) is 19.7. The van der Waals surface area contributed by atoms with Crippen LogP contribution in [0.5, 0.6) is 11.5 Å². The molecular weight excluding hydrogens is 448 g/mol. The third-order valence-corrected chi connectivity index (χ3v) is 7.76. The number of nitrogens with zero attached hydrogens (tertiary/aromatic N) is 2. The van der Waals surface area contributed by atoms with Gasteiger partial charge in [0.2, 0.25) is 0 Å². The molecule has 34 heavy (non-hydrogen) atoms. The number of hydrogen-bond donors (Lipinski definition) is 0. The Bertz CT molecular complexity index is 1220. The number of likely N-dealkylation sites (tertiary alicyclic amines) is 1. The molecule has 3 aliphatic rings. The minimum Gasteiger partial charge on any atom is -0.486 e. The van der Waals surface area contributed by atoms with Gasteiger partial charge in [0.1, 0.15) is 18.4 Å². The number of hydrogen-bond acceptors (Lipinski definition) is 5. The summed E-state index contributed by atoms with van der Waals surface area (Å²) in [4.78, 5) is 7.30. The predicted octanol–water partition coefficient (Wildman–Crippen LogP) is 5.68. The molecule has 6 heteroatoms. The number of fused-ring (bicyclic) bond motifs is 1. The van der Waals surface area contributed by atoms with Crippen molar-refractivity contribution in [3.05, 3.63) is 64.3 Å². The molecule has 0 amide bonds. The van der Waals surface area contributed by atoms with Crippen LogP contribution in [-0.4, -0.2) is 49.4 Å². The molecule has 0 N–H and O–H groups in total. The monoisotopic (exact) mass is 476 g/mol. The Hall–Kier alpha value is -2.60. The molecule has 2 aromatic carbocycles. The van der Waals surface area contributed by atoms with Crippen LogP contribution >= 0.6 is 11.6 Å². The number of rotatable bonds is 4. The summed E-state index contributed by atoms with van der Waals surface area (Å²) in [5, 5.41) is 0.600. The number of pyridine rings is 1. The van der Waals surface area contributed by atoms with Crippen molar-refractivity contribution in [1.29, 1.82) is 0 Å². The minimum atomic E-state index is 0.374. The molecule has 3 aliphatic heterocycles. The second-order valence-corrected chi connectivity index (χ2v) is 10.2. The molecule has 0 bridgehead atoms. The first-order valence-corrected chi connectivity index (χ1v) is 12.4. The number of halogens is 1. The van der Waals surface area contributed by atoms with E-state index in [-0.39, 0.29) is 0 Å². The van der Waals surface area contributed by atoms with Crippen LogP contribution in [0.4, 0.5) is 0 Å². The summed E-state index contributed by atoms with van der Waals surface area (Å²) >= 11 is 6.76. The number of aryl methyl sites for hydroxylation is 1. The Morgan fingerprint density at radius 2 is 1.76 bits per heavy atom. The highest BCUT2D eigenvalue weighted by atomic mass is 35.5. The summed E-state index contributed by atoms with van der Waals surface area (Å²) in [7, 11) is 0. The fraction of sp³-hybridized carbons (Fsp3) is 0.393. The van der Waals surface area contributed by atoms with Gasteiger partial charge in [-0.15, -0.1) is 0 Å². The van der Waals surface area contributed by atoms with Gasteiger partial charge >= 0.3 is 0 Å². The van der Waals surface area contributed by atoms with Gasteiger partial charge in [-0.05, 0) is 60.7 Å². The van der Waals surface area contributed by atoms with Gasteiger partial charge in [-0.2, -0.15) is 0 Å². The first kappa shape index (κ1) is 21.9. The van der Waals surface area contributed by atoms with Crippen LogP contribution in [0.1, 0.15) is 23.1 Å². The second-order valence-electron chi connectivity index (χ2n) is 9.88. The van der Waals surface area contributed by atoms with Gasteiger partial charge in [0.15, 0.2) is 11.5 Å². The van der Waals surface area contributed by atoms with Crippen LogP contribution < -0.4 is 9.47 Å². The summed E-state index contributed by atoms with van der Waals surface area (Å²) in [6.07, 6.45) is 1.17. The van der Waals surface area contributed by atoms with Gasteiger partial charge in [-0.1, -0.05) is 35.9 Å². The molecule has 4 heterocycles. The molecule has 176 valence electrons. The highest BCUT2D eigenvalue weighted by Crippen LogP contribution is 2.41. The third-order valence-electron chi connectivity index (χ3n) is 7.44. The first-order valence-electron chi connectivity index (χ1n) is 12.0. The Labute approximate surface area is 205 Å². The molecule has 2 fully saturated rings. The van der Waals surface area contributed by atoms with Crippen LogP contribution in [0.25, 0.3) is 22.4 Å². The number of aromatic nitrogens is 1. The highest BCUT2D eigenvalue weighted by Gasteiger charge is 2.45. The fourth-order valence-corrected chi connectivity index (χ4v) is 5.86. The Kier molecular flexibility index (Phi) is 5.51. The average Bonchev–Trinajstić information content (AvgIpc) is 3.31. The summed E-state index contributed by atoms with van der Waals surface area (Å²) in [5.41, 5.74) is 8.11. The van der Waals surface area contributed by atoms with Crippen molar-refractivity contribution in [2.24, 2.45) is 5.41 Å². The van der Waals surface area contributed by atoms with Crippen LogP contribution in [-0.2, 0) is 11.3 Å². The lowest BCUT2D eigenvalue weighted by molar-refractivity contribution is -0.0124. The van der Waals surface area contributed by atoms with E-state index < -0.39 is 0 Å². The standard InChI is InChI=1S/C28H29ClN2O3/c1-18-12-24(30-27(29)23(18)14-31-15-28(16-31)8-9-32-17-28)22-5-3-4-21(19(22)2)20-6-7-25-26(13-20)34-11-10-33-25/h3-7,12-13H,8-11,14-17H2,1-2H3. The maximum absolute atomic E-state index is 6.76. The van der Waals surface area contributed by atoms with Gasteiger partial charge in [-0.25, -0.2) is 4.98 Å². The number of benzene rings is 2. The van der Waals surface area contributed by atoms with Crippen molar-refractivity contribution in [3.63, 3.8) is 0 Å². The van der Waals surface area contributed by atoms with E-state index in [2.05, 4.69) is 55.1 Å². The van der Waals surface area contributed by atoms with Crippen LogP contribution in [0, 0.1) is 19.3 Å². The maximum atomic E-state index is 6.76. The van der Waals surface area contributed by atoms with Crippen LogP contribution in [0.3, 0.4) is 0 Å². The Balaban J connectivity index is 1.27. The van der Waals surface area contributed by atoms with E-state index in [0.29, 0.717) is 23.8 Å². The maximum Gasteiger partial charge on any atom is 0.161 e. The van der Waals surface area contributed by atoms with Crippen molar-refractivity contribution in [3.8, 4) is 33.9 Å². The Morgan fingerprint density at radius 1 is 0.971 bits per heavy atom. The smallest absolute Gasteiger partial charge is 0.161 e. The lowest BCUT2D eigenvalue weighted by Crippen LogP contribution is -2.56. The van der Waals surface area contributed by atoms with E-state index in [1.165, 1.54) is 17.5 Å². The summed E-state index contributed by atoms with van der Waals surface area (Å²) in [6, 6.07) is 14.6. The van der Waals surface area contributed by atoms with E-state index in [9.17, 15) is 0 Å². The van der Waals surface area contributed by atoms with Crippen LogP contribution in [0.2, 0.25) is 5.15 Å². The zero-order valence-corrected chi connectivity index (χ0v) is 20.5. The normalized spacial score (nSPS) is 18.8. The lowest BCUT2D eigenvalue weighted by atomic mass is 9.79. The first-order chi connectivity index (χ1) is 16.5. The quantitative estimate of drug-likeness (QED) is 0.453.